The molecule has 2 aromatic rings. The van der Waals surface area contributed by atoms with Crippen molar-refractivity contribution in [2.45, 2.75) is 31.4 Å². The van der Waals surface area contributed by atoms with Crippen LogP contribution in [0.25, 0.3) is 0 Å². The number of carbonyl (C=O) groups excluding carboxylic acids is 1. The fraction of sp³-hybridized carbons (Fsp3) is 0.381. The van der Waals surface area contributed by atoms with E-state index in [0.717, 1.165) is 24.4 Å². The van der Waals surface area contributed by atoms with Crippen molar-refractivity contribution in [2.24, 2.45) is 0 Å². The van der Waals surface area contributed by atoms with Crippen LogP contribution < -0.4 is 10.1 Å². The van der Waals surface area contributed by atoms with Crippen LogP contribution in [0.3, 0.4) is 0 Å². The second kappa shape index (κ2) is 7.28. The molecule has 1 amide bonds. The lowest BCUT2D eigenvalue weighted by molar-refractivity contribution is -0.127. The van der Waals surface area contributed by atoms with Gasteiger partial charge in [0.05, 0.1) is 6.04 Å². The minimum absolute atomic E-state index is 0.0173. The maximum atomic E-state index is 12.6. The van der Waals surface area contributed by atoms with Crippen LogP contribution in [0.15, 0.2) is 54.6 Å². The molecule has 0 saturated carbocycles. The minimum Gasteiger partial charge on any atom is -0.480 e. The lowest BCUT2D eigenvalue weighted by atomic mass is 10.1. The smallest absolute Gasteiger partial charge is 0.261 e. The zero-order chi connectivity index (χ0) is 17.1. The molecule has 130 valence electrons. The van der Waals surface area contributed by atoms with Crippen molar-refractivity contribution >= 4 is 5.91 Å². The second-order valence-electron chi connectivity index (χ2n) is 6.83. The van der Waals surface area contributed by atoms with Gasteiger partial charge in [-0.05, 0) is 43.1 Å². The van der Waals surface area contributed by atoms with Gasteiger partial charge in [0.1, 0.15) is 5.75 Å². The number of rotatable bonds is 5. The van der Waals surface area contributed by atoms with Crippen LogP contribution in [0.1, 0.15) is 30.0 Å². The standard InChI is InChI=1S/C21H24N2O2/c24-21(20-14-17-10-4-5-11-19(17)25-20)22-15-18(23-12-6-7-13-23)16-8-2-1-3-9-16/h1-5,8-11,18,20H,6-7,12-15H2,(H,22,24)/t18-,20-/m0/s1. The quantitative estimate of drug-likeness (QED) is 0.913. The van der Waals surface area contributed by atoms with E-state index in [-0.39, 0.29) is 11.9 Å². The summed E-state index contributed by atoms with van der Waals surface area (Å²) < 4.78 is 5.81. The third-order valence-corrected chi connectivity index (χ3v) is 5.17. The topological polar surface area (TPSA) is 41.6 Å². The van der Waals surface area contributed by atoms with Crippen LogP contribution in [0.5, 0.6) is 5.75 Å². The Labute approximate surface area is 148 Å². The monoisotopic (exact) mass is 336 g/mol. The molecule has 0 radical (unpaired) electrons. The first-order valence-corrected chi connectivity index (χ1v) is 9.12. The fourth-order valence-electron chi connectivity index (χ4n) is 3.83. The van der Waals surface area contributed by atoms with Gasteiger partial charge in [-0.25, -0.2) is 0 Å². The molecule has 0 bridgehead atoms. The van der Waals surface area contributed by atoms with Crippen molar-refractivity contribution < 1.29 is 9.53 Å². The molecule has 2 heterocycles. The molecule has 4 rings (SSSR count). The second-order valence-corrected chi connectivity index (χ2v) is 6.83. The van der Waals surface area contributed by atoms with Crippen molar-refractivity contribution in [3.63, 3.8) is 0 Å². The highest BCUT2D eigenvalue weighted by molar-refractivity contribution is 5.82. The van der Waals surface area contributed by atoms with Crippen molar-refractivity contribution in [1.29, 1.82) is 0 Å². The Morgan fingerprint density at radius 2 is 1.80 bits per heavy atom. The van der Waals surface area contributed by atoms with Crippen LogP contribution in [0, 0.1) is 0 Å². The SMILES string of the molecule is O=C(NC[C@@H](c1ccccc1)N1CCCC1)[C@@H]1Cc2ccccc2O1. The molecule has 2 aromatic carbocycles. The lowest BCUT2D eigenvalue weighted by Gasteiger charge is -2.28. The van der Waals surface area contributed by atoms with Gasteiger partial charge in [0.2, 0.25) is 0 Å². The van der Waals surface area contributed by atoms with E-state index < -0.39 is 6.10 Å². The zero-order valence-corrected chi connectivity index (χ0v) is 14.4. The number of hydrogen-bond acceptors (Lipinski definition) is 3. The summed E-state index contributed by atoms with van der Waals surface area (Å²) >= 11 is 0. The molecule has 0 spiro atoms. The summed E-state index contributed by atoms with van der Waals surface area (Å²) in [6.07, 6.45) is 2.71. The Hall–Kier alpha value is -2.33. The lowest BCUT2D eigenvalue weighted by Crippen LogP contribution is -2.42. The first-order chi connectivity index (χ1) is 12.3. The largest absolute Gasteiger partial charge is 0.480 e. The predicted octanol–water partition coefficient (Wildman–Crippen LogP) is 2.94. The highest BCUT2D eigenvalue weighted by Crippen LogP contribution is 2.28. The Bertz CT molecular complexity index is 701. The number of likely N-dealkylation sites (tertiary alicyclic amines) is 1. The number of amides is 1. The number of hydrogen-bond donors (Lipinski definition) is 1. The third kappa shape index (κ3) is 3.54. The Kier molecular flexibility index (Phi) is 4.70. The maximum absolute atomic E-state index is 12.6. The number of benzene rings is 2. The summed E-state index contributed by atoms with van der Waals surface area (Å²) in [4.78, 5) is 15.1. The molecule has 2 atom stereocenters. The highest BCUT2D eigenvalue weighted by Gasteiger charge is 2.30. The van der Waals surface area contributed by atoms with E-state index in [4.69, 9.17) is 4.74 Å². The van der Waals surface area contributed by atoms with Crippen LogP contribution in [-0.4, -0.2) is 36.5 Å². The summed E-state index contributed by atoms with van der Waals surface area (Å²) in [5.74, 6) is 0.818. The van der Waals surface area contributed by atoms with Crippen LogP contribution in [-0.2, 0) is 11.2 Å². The number of nitrogens with zero attached hydrogens (tertiary/aromatic N) is 1. The van der Waals surface area contributed by atoms with Crippen molar-refractivity contribution in [2.75, 3.05) is 19.6 Å². The summed E-state index contributed by atoms with van der Waals surface area (Å²) in [6.45, 7) is 2.82. The fourth-order valence-corrected chi connectivity index (χ4v) is 3.83. The van der Waals surface area contributed by atoms with E-state index in [1.807, 2.05) is 30.3 Å². The molecule has 0 aliphatic carbocycles. The van der Waals surface area contributed by atoms with E-state index in [1.165, 1.54) is 18.4 Å². The van der Waals surface area contributed by atoms with Gasteiger partial charge < -0.3 is 10.1 Å². The number of ether oxygens (including phenoxy) is 1. The molecular formula is C21H24N2O2. The van der Waals surface area contributed by atoms with Gasteiger partial charge >= 0.3 is 0 Å². The maximum Gasteiger partial charge on any atom is 0.261 e. The zero-order valence-electron chi connectivity index (χ0n) is 14.4. The summed E-state index contributed by atoms with van der Waals surface area (Å²) in [7, 11) is 0. The van der Waals surface area contributed by atoms with Crippen LogP contribution in [0.4, 0.5) is 0 Å². The van der Waals surface area contributed by atoms with E-state index in [0.29, 0.717) is 13.0 Å². The van der Waals surface area contributed by atoms with E-state index >= 15 is 0 Å². The molecule has 1 N–H and O–H groups in total. The average Bonchev–Trinajstić information content (AvgIpc) is 3.32. The Morgan fingerprint density at radius 1 is 1.08 bits per heavy atom. The van der Waals surface area contributed by atoms with Crippen LogP contribution in [0.2, 0.25) is 0 Å². The number of carbonyl (C=O) groups is 1. The molecule has 0 aromatic heterocycles. The van der Waals surface area contributed by atoms with Gasteiger partial charge in [0.25, 0.3) is 5.91 Å². The molecule has 0 unspecified atom stereocenters. The van der Waals surface area contributed by atoms with Crippen molar-refractivity contribution in [3.05, 3.63) is 65.7 Å². The molecule has 2 aliphatic heterocycles. The first kappa shape index (κ1) is 16.2. The molecule has 1 saturated heterocycles. The van der Waals surface area contributed by atoms with Gasteiger partial charge in [0.15, 0.2) is 6.10 Å². The number of para-hydroxylation sites is 1. The van der Waals surface area contributed by atoms with Gasteiger partial charge in [-0.15, -0.1) is 0 Å². The van der Waals surface area contributed by atoms with Crippen molar-refractivity contribution in [3.8, 4) is 5.75 Å². The van der Waals surface area contributed by atoms with E-state index in [9.17, 15) is 4.79 Å². The van der Waals surface area contributed by atoms with Crippen LogP contribution >= 0.6 is 0 Å². The van der Waals surface area contributed by atoms with E-state index in [2.05, 4.69) is 34.5 Å². The summed E-state index contributed by atoms with van der Waals surface area (Å²) in [5, 5.41) is 3.13. The summed E-state index contributed by atoms with van der Waals surface area (Å²) in [5.41, 5.74) is 2.38. The Balaban J connectivity index is 1.40. The third-order valence-electron chi connectivity index (χ3n) is 5.17. The minimum atomic E-state index is -0.410. The molecule has 25 heavy (non-hydrogen) atoms. The van der Waals surface area contributed by atoms with E-state index in [1.54, 1.807) is 0 Å². The molecule has 1 fully saturated rings. The van der Waals surface area contributed by atoms with Gasteiger partial charge in [-0.1, -0.05) is 48.5 Å². The summed E-state index contributed by atoms with van der Waals surface area (Å²) in [6, 6.07) is 18.6. The molecule has 4 nitrogen and oxygen atoms in total. The average molecular weight is 336 g/mol. The normalized spacial score (nSPS) is 20.7. The number of nitrogens with one attached hydrogen (secondary N) is 1. The number of fused-ring (bicyclic) bond motifs is 1. The Morgan fingerprint density at radius 3 is 2.56 bits per heavy atom. The highest BCUT2D eigenvalue weighted by atomic mass is 16.5. The molecular weight excluding hydrogens is 312 g/mol. The van der Waals surface area contributed by atoms with Crippen molar-refractivity contribution in [1.82, 2.24) is 10.2 Å². The molecule has 4 heteroatoms. The predicted molar refractivity (Wildman–Crippen MR) is 97.6 cm³/mol. The first-order valence-electron chi connectivity index (χ1n) is 9.12. The van der Waals surface area contributed by atoms with Gasteiger partial charge in [-0.2, -0.15) is 0 Å². The molecule has 2 aliphatic rings. The van der Waals surface area contributed by atoms with Gasteiger partial charge in [0, 0.05) is 13.0 Å². The van der Waals surface area contributed by atoms with Gasteiger partial charge in [-0.3, -0.25) is 9.69 Å².